The maximum atomic E-state index is 11.8. The molecule has 0 saturated carbocycles. The topological polar surface area (TPSA) is 82.3 Å². The van der Waals surface area contributed by atoms with Gasteiger partial charge < -0.3 is 4.74 Å². The third-order valence-electron chi connectivity index (χ3n) is 2.77. The maximum Gasteiger partial charge on any atom is 0.357 e. The molecule has 7 heteroatoms. The number of rotatable bonds is 4. The molecular weight excluding hydrogens is 270 g/mol. The second kappa shape index (κ2) is 5.66. The quantitative estimate of drug-likeness (QED) is 0.678. The van der Waals surface area contributed by atoms with Crippen LogP contribution in [0, 0.1) is 0 Å². The standard InChI is InChI=1S/C14H13N5O2/c1-2-8-21-13(20)11-5-7-19-14(16-11)17-12(18-19)10-4-3-6-15-9-10/h3-7,9H,2,8H2,1H3. The van der Waals surface area contributed by atoms with Gasteiger partial charge in [-0.1, -0.05) is 6.92 Å². The van der Waals surface area contributed by atoms with Gasteiger partial charge in [0.2, 0.25) is 0 Å². The molecule has 0 aliphatic rings. The number of fused-ring (bicyclic) bond motifs is 1. The van der Waals surface area contributed by atoms with E-state index in [-0.39, 0.29) is 5.69 Å². The molecule has 0 saturated heterocycles. The Balaban J connectivity index is 1.94. The van der Waals surface area contributed by atoms with Crippen LogP contribution in [0.4, 0.5) is 0 Å². The molecule has 21 heavy (non-hydrogen) atoms. The number of hydrogen-bond acceptors (Lipinski definition) is 6. The maximum absolute atomic E-state index is 11.8. The fourth-order valence-corrected chi connectivity index (χ4v) is 1.78. The van der Waals surface area contributed by atoms with E-state index in [9.17, 15) is 4.79 Å². The van der Waals surface area contributed by atoms with Gasteiger partial charge in [-0.3, -0.25) is 4.98 Å². The Morgan fingerprint density at radius 2 is 2.24 bits per heavy atom. The third kappa shape index (κ3) is 2.71. The van der Waals surface area contributed by atoms with Crippen molar-refractivity contribution in [2.75, 3.05) is 6.61 Å². The summed E-state index contributed by atoms with van der Waals surface area (Å²) in [5.41, 5.74) is 1.01. The van der Waals surface area contributed by atoms with Crippen LogP contribution in [0.3, 0.4) is 0 Å². The molecule has 106 valence electrons. The lowest BCUT2D eigenvalue weighted by molar-refractivity contribution is 0.0498. The first-order chi connectivity index (χ1) is 10.3. The molecule has 0 unspecified atom stereocenters. The third-order valence-corrected chi connectivity index (χ3v) is 2.77. The second-order valence-corrected chi connectivity index (χ2v) is 4.37. The van der Waals surface area contributed by atoms with Crippen LogP contribution in [0.5, 0.6) is 0 Å². The van der Waals surface area contributed by atoms with E-state index in [0.717, 1.165) is 12.0 Å². The van der Waals surface area contributed by atoms with E-state index in [2.05, 4.69) is 20.1 Å². The van der Waals surface area contributed by atoms with Crippen molar-refractivity contribution in [2.45, 2.75) is 13.3 Å². The van der Waals surface area contributed by atoms with E-state index < -0.39 is 5.97 Å². The highest BCUT2D eigenvalue weighted by Gasteiger charge is 2.12. The number of carbonyl (C=O) groups excluding carboxylic acids is 1. The zero-order valence-electron chi connectivity index (χ0n) is 11.4. The van der Waals surface area contributed by atoms with Crippen molar-refractivity contribution in [1.29, 1.82) is 0 Å². The Hall–Kier alpha value is -2.83. The number of ether oxygens (including phenoxy) is 1. The summed E-state index contributed by atoms with van der Waals surface area (Å²) < 4.78 is 6.56. The van der Waals surface area contributed by atoms with Crippen LogP contribution in [-0.2, 0) is 4.74 Å². The summed E-state index contributed by atoms with van der Waals surface area (Å²) in [5, 5.41) is 4.30. The molecule has 3 aromatic rings. The summed E-state index contributed by atoms with van der Waals surface area (Å²) in [5.74, 6) is 0.403. The first kappa shape index (κ1) is 13.2. The van der Waals surface area contributed by atoms with Crippen LogP contribution < -0.4 is 0 Å². The Bertz CT molecular complexity index is 769. The lowest BCUT2D eigenvalue weighted by atomic mass is 10.3. The number of pyridine rings is 1. The molecule has 3 heterocycles. The molecule has 0 amide bonds. The van der Waals surface area contributed by atoms with Crippen molar-refractivity contribution in [3.8, 4) is 11.4 Å². The largest absolute Gasteiger partial charge is 0.461 e. The summed E-state index contributed by atoms with van der Waals surface area (Å²) in [4.78, 5) is 24.3. The number of hydrogen-bond donors (Lipinski definition) is 0. The summed E-state index contributed by atoms with van der Waals surface area (Å²) >= 11 is 0. The highest BCUT2D eigenvalue weighted by atomic mass is 16.5. The molecular formula is C14H13N5O2. The van der Waals surface area contributed by atoms with Gasteiger partial charge in [0.15, 0.2) is 11.5 Å². The Kier molecular flexibility index (Phi) is 3.55. The lowest BCUT2D eigenvalue weighted by Gasteiger charge is -2.01. The highest BCUT2D eigenvalue weighted by Crippen LogP contribution is 2.13. The van der Waals surface area contributed by atoms with Crippen molar-refractivity contribution < 1.29 is 9.53 Å². The molecule has 0 bridgehead atoms. The van der Waals surface area contributed by atoms with Gasteiger partial charge in [0.25, 0.3) is 5.78 Å². The van der Waals surface area contributed by atoms with E-state index in [1.54, 1.807) is 24.7 Å². The van der Waals surface area contributed by atoms with Crippen molar-refractivity contribution in [1.82, 2.24) is 24.6 Å². The van der Waals surface area contributed by atoms with E-state index >= 15 is 0 Å². The van der Waals surface area contributed by atoms with Crippen LogP contribution in [0.25, 0.3) is 17.2 Å². The first-order valence-corrected chi connectivity index (χ1v) is 6.59. The van der Waals surface area contributed by atoms with Gasteiger partial charge in [-0.15, -0.1) is 5.10 Å². The van der Waals surface area contributed by atoms with Crippen molar-refractivity contribution in [2.24, 2.45) is 0 Å². The van der Waals surface area contributed by atoms with E-state index in [4.69, 9.17) is 4.74 Å². The van der Waals surface area contributed by atoms with Crippen LogP contribution in [0.2, 0.25) is 0 Å². The lowest BCUT2D eigenvalue weighted by Crippen LogP contribution is -2.09. The van der Waals surface area contributed by atoms with Gasteiger partial charge in [0, 0.05) is 24.2 Å². The Morgan fingerprint density at radius 3 is 3.00 bits per heavy atom. The number of aromatic nitrogens is 5. The molecule has 7 nitrogen and oxygen atoms in total. The van der Waals surface area contributed by atoms with Crippen LogP contribution in [0.15, 0.2) is 36.8 Å². The monoisotopic (exact) mass is 283 g/mol. The molecule has 0 aromatic carbocycles. The molecule has 3 rings (SSSR count). The number of carbonyl (C=O) groups is 1. The van der Waals surface area contributed by atoms with Gasteiger partial charge in [-0.25, -0.2) is 14.3 Å². The van der Waals surface area contributed by atoms with Crippen LogP contribution >= 0.6 is 0 Å². The van der Waals surface area contributed by atoms with Crippen LogP contribution in [0.1, 0.15) is 23.8 Å². The number of esters is 1. The fourth-order valence-electron chi connectivity index (χ4n) is 1.78. The highest BCUT2D eigenvalue weighted by molar-refractivity contribution is 5.87. The van der Waals surface area contributed by atoms with Crippen molar-refractivity contribution >= 4 is 11.7 Å². The molecule has 0 aliphatic heterocycles. The van der Waals surface area contributed by atoms with Crippen molar-refractivity contribution in [3.05, 3.63) is 42.5 Å². The van der Waals surface area contributed by atoms with Gasteiger partial charge >= 0.3 is 5.97 Å². The second-order valence-electron chi connectivity index (χ2n) is 4.37. The average molecular weight is 283 g/mol. The number of nitrogens with zero attached hydrogens (tertiary/aromatic N) is 5. The molecule has 0 N–H and O–H groups in total. The summed E-state index contributed by atoms with van der Waals surface area (Å²) in [6, 6.07) is 5.23. The van der Waals surface area contributed by atoms with E-state index in [1.165, 1.54) is 4.52 Å². The molecule has 0 atom stereocenters. The summed E-state index contributed by atoms with van der Waals surface area (Å²) in [6.07, 6.45) is 5.76. The Morgan fingerprint density at radius 1 is 1.33 bits per heavy atom. The molecule has 0 radical (unpaired) electrons. The zero-order valence-corrected chi connectivity index (χ0v) is 11.4. The first-order valence-electron chi connectivity index (χ1n) is 6.59. The summed E-state index contributed by atoms with van der Waals surface area (Å²) in [6.45, 7) is 2.31. The fraction of sp³-hybridized carbons (Fsp3) is 0.214. The predicted octanol–water partition coefficient (Wildman–Crippen LogP) is 1.75. The normalized spacial score (nSPS) is 10.7. The van der Waals surface area contributed by atoms with Crippen molar-refractivity contribution in [3.63, 3.8) is 0 Å². The minimum Gasteiger partial charge on any atom is -0.461 e. The van der Waals surface area contributed by atoms with Crippen LogP contribution in [-0.4, -0.2) is 37.1 Å². The van der Waals surface area contributed by atoms with E-state index in [1.807, 2.05) is 19.1 Å². The molecule has 0 spiro atoms. The van der Waals surface area contributed by atoms with Gasteiger partial charge in [-0.05, 0) is 24.6 Å². The minimum absolute atomic E-state index is 0.223. The zero-order chi connectivity index (χ0) is 14.7. The summed E-state index contributed by atoms with van der Waals surface area (Å²) in [7, 11) is 0. The van der Waals surface area contributed by atoms with E-state index in [0.29, 0.717) is 18.2 Å². The molecule has 0 fully saturated rings. The average Bonchev–Trinajstić information content (AvgIpc) is 2.96. The SMILES string of the molecule is CCCOC(=O)c1ccn2nc(-c3cccnc3)nc2n1. The minimum atomic E-state index is -0.453. The molecule has 3 aromatic heterocycles. The molecule has 0 aliphatic carbocycles. The smallest absolute Gasteiger partial charge is 0.357 e. The van der Waals surface area contributed by atoms with Gasteiger partial charge in [-0.2, -0.15) is 4.98 Å². The van der Waals surface area contributed by atoms with Gasteiger partial charge in [0.05, 0.1) is 6.61 Å². The predicted molar refractivity (Wildman–Crippen MR) is 74.6 cm³/mol. The van der Waals surface area contributed by atoms with Gasteiger partial charge in [0.1, 0.15) is 0 Å². The Labute approximate surface area is 120 Å².